The van der Waals surface area contributed by atoms with Crippen molar-refractivity contribution in [1.29, 1.82) is 5.41 Å². The van der Waals surface area contributed by atoms with Crippen LogP contribution in [0.3, 0.4) is 0 Å². The first-order valence-corrected chi connectivity index (χ1v) is 25.1. The molecule has 5 rings (SSSR count). The zero-order valence-electron chi connectivity index (χ0n) is 44.5. The molecule has 0 saturated heterocycles. The number of fused-ring (bicyclic) bond motifs is 2. The van der Waals surface area contributed by atoms with Gasteiger partial charge in [0.15, 0.2) is 0 Å². The van der Waals surface area contributed by atoms with Crippen LogP contribution in [0.25, 0.3) is 0 Å². The molecule has 1 saturated carbocycles. The van der Waals surface area contributed by atoms with Gasteiger partial charge in [-0.25, -0.2) is 19.8 Å². The van der Waals surface area contributed by atoms with Crippen LogP contribution in [0, 0.1) is 28.6 Å². The lowest BCUT2D eigenvalue weighted by molar-refractivity contribution is -0.137. The largest absolute Gasteiger partial charge is 0.478 e. The number of ether oxygens (including phenoxy) is 1. The molecule has 1 aliphatic heterocycles. The summed E-state index contributed by atoms with van der Waals surface area (Å²) in [5.41, 5.74) is 11.9. The van der Waals surface area contributed by atoms with E-state index in [1.54, 1.807) is 87.6 Å². The van der Waals surface area contributed by atoms with E-state index in [-0.39, 0.29) is 74.2 Å². The zero-order valence-corrected chi connectivity index (χ0v) is 44.5. The molecule has 408 valence electrons. The van der Waals surface area contributed by atoms with E-state index in [1.165, 1.54) is 22.8 Å². The van der Waals surface area contributed by atoms with E-state index in [0.29, 0.717) is 33.6 Å². The molecule has 1 heterocycles. The van der Waals surface area contributed by atoms with Crippen LogP contribution in [-0.2, 0) is 46.7 Å². The number of anilines is 2. The van der Waals surface area contributed by atoms with Crippen molar-refractivity contribution in [3.05, 3.63) is 107 Å². The van der Waals surface area contributed by atoms with Gasteiger partial charge in [0.05, 0.1) is 24.0 Å². The summed E-state index contributed by atoms with van der Waals surface area (Å²) in [4.78, 5) is 109. The minimum atomic E-state index is -1.43. The van der Waals surface area contributed by atoms with Crippen LogP contribution in [0.5, 0.6) is 0 Å². The molecule has 8 amide bonds. The van der Waals surface area contributed by atoms with Gasteiger partial charge in [-0.15, -0.1) is 0 Å². The Morgan fingerprint density at radius 3 is 2.18 bits per heavy atom. The molecule has 1 aliphatic carbocycles. The molecule has 1 fully saturated rings. The Balaban J connectivity index is 1.21. The van der Waals surface area contributed by atoms with E-state index >= 15 is 0 Å². The molecule has 3 aromatic rings. The van der Waals surface area contributed by atoms with Crippen LogP contribution in [0.2, 0.25) is 0 Å². The number of hydrogen-bond acceptors (Lipinski definition) is 13. The van der Waals surface area contributed by atoms with Crippen LogP contribution in [0.15, 0.2) is 89.5 Å². The van der Waals surface area contributed by atoms with Crippen molar-refractivity contribution in [2.24, 2.45) is 39.8 Å². The van der Waals surface area contributed by atoms with E-state index in [2.05, 4.69) is 37.2 Å². The number of hydrazine groups is 1. The summed E-state index contributed by atoms with van der Waals surface area (Å²) in [6.07, 6.45) is 0.648. The lowest BCUT2D eigenvalue weighted by Gasteiger charge is -2.37. The van der Waals surface area contributed by atoms with Crippen molar-refractivity contribution in [2.75, 3.05) is 23.8 Å². The number of carbonyl (C=O) groups is 8. The number of nitrogens with zero attached hydrogens (tertiary/aromatic N) is 3. The number of amides is 8. The Hall–Kier alpha value is -8.14. The first kappa shape index (κ1) is 58.7. The summed E-state index contributed by atoms with van der Waals surface area (Å²) >= 11 is 0. The maximum atomic E-state index is 14.2. The fourth-order valence-corrected chi connectivity index (χ4v) is 8.98. The third-order valence-electron chi connectivity index (χ3n) is 13.5. The van der Waals surface area contributed by atoms with Gasteiger partial charge in [-0.05, 0) is 72.3 Å². The minimum absolute atomic E-state index is 0.0960. The van der Waals surface area contributed by atoms with Gasteiger partial charge in [0.2, 0.25) is 29.5 Å². The van der Waals surface area contributed by atoms with Gasteiger partial charge in [0.1, 0.15) is 29.9 Å². The molecule has 2 aliphatic rings. The van der Waals surface area contributed by atoms with Crippen molar-refractivity contribution >= 4 is 70.4 Å². The Kier molecular flexibility index (Phi) is 19.6. The second kappa shape index (κ2) is 25.4. The van der Waals surface area contributed by atoms with E-state index < -0.39 is 82.6 Å². The molecule has 22 heteroatoms. The highest BCUT2D eigenvalue weighted by Gasteiger charge is 2.61. The molecule has 12 N–H and O–H groups in total. The highest BCUT2D eigenvalue weighted by atomic mass is 16.6. The first-order chi connectivity index (χ1) is 35.8. The number of aliphatic carboxylic acids is 1. The summed E-state index contributed by atoms with van der Waals surface area (Å²) < 4.78 is 5.41. The molecular formula is C54H72N12O10. The summed E-state index contributed by atoms with van der Waals surface area (Å²) in [5, 5.41) is 33.2. The topological polar surface area (TPSA) is 333 Å². The fraction of sp³-hybridized carbons (Fsp3) is 0.444. The van der Waals surface area contributed by atoms with Crippen LogP contribution < -0.4 is 48.6 Å². The molecule has 76 heavy (non-hydrogen) atoms. The van der Waals surface area contributed by atoms with Gasteiger partial charge in [-0.3, -0.25) is 34.8 Å². The number of nitrogens with two attached hydrogens (primary N) is 2. The van der Waals surface area contributed by atoms with Crippen molar-refractivity contribution in [2.45, 2.75) is 118 Å². The maximum Gasteiger partial charge on any atom is 0.421 e. The average molecular weight is 1050 g/mol. The molecule has 0 aromatic heterocycles. The number of carboxylic acids is 1. The zero-order chi connectivity index (χ0) is 56.2. The smallest absolute Gasteiger partial charge is 0.421 e. The van der Waals surface area contributed by atoms with Crippen molar-refractivity contribution in [3.8, 4) is 0 Å². The third-order valence-corrected chi connectivity index (χ3v) is 13.5. The number of primary amides is 1. The maximum absolute atomic E-state index is 14.2. The van der Waals surface area contributed by atoms with Gasteiger partial charge in [0, 0.05) is 48.8 Å². The summed E-state index contributed by atoms with van der Waals surface area (Å²) in [7, 11) is 1.58. The van der Waals surface area contributed by atoms with E-state index in [4.69, 9.17) is 21.7 Å². The second-order valence-electron chi connectivity index (χ2n) is 20.9. The van der Waals surface area contributed by atoms with E-state index in [1.807, 2.05) is 40.7 Å². The molecule has 22 nitrogen and oxygen atoms in total. The number of rotatable bonds is 21. The predicted molar refractivity (Wildman–Crippen MR) is 286 cm³/mol. The highest BCUT2D eigenvalue weighted by Crippen LogP contribution is 2.47. The van der Waals surface area contributed by atoms with Gasteiger partial charge >= 0.3 is 18.1 Å². The standard InChI is InChI=1S/C54H72N12O10/c1-30(2)40(26-32(5)49(71)72)65(9)48(70)46(53(6,7)8)63-64-52(75)76-29-33-18-20-36(21-19-33)59-50(73)54(27-35(54)24-25-58-51(56)74)61-47(69)44(31(3)4)60-41(67)22-23-42(68)66-28-34-14-10-11-15-37(34)43(55)45(62-57)38-16-12-13-17-39(38)66/h10-21,26,30-31,35,40,44,46,55,63H,22-25,27-29,57H2,1-9H3,(H,59,73)(H,60,67)(H,61,69)(H,64,75)(H,71,72)(H3,56,58,74)/b32-26+,55-43?,62-45?/t35?,40-,44+,46-,54?/m1/s1. The van der Waals surface area contributed by atoms with Crippen LogP contribution in [0.1, 0.15) is 103 Å². The summed E-state index contributed by atoms with van der Waals surface area (Å²) in [6, 6.07) is 17.2. The number of hydrogen-bond donors (Lipinski definition) is 10. The Morgan fingerprint density at radius 2 is 1.58 bits per heavy atom. The summed E-state index contributed by atoms with van der Waals surface area (Å²) in [6.45, 7) is 14.2. The minimum Gasteiger partial charge on any atom is -0.478 e. The van der Waals surface area contributed by atoms with Crippen molar-refractivity contribution < 1.29 is 48.2 Å². The number of carbonyl (C=O) groups excluding carboxylic acids is 7. The number of likely N-dealkylation sites (N-methyl/N-ethyl adjacent to an activating group) is 1. The third kappa shape index (κ3) is 14.8. The SMILES string of the molecule is C/C(=C\[C@H](C(C)C)N(C)C(=O)[C@@H](NNC(=O)OCc1ccc(NC(=O)C2(NC(=O)[C@@H](NC(=O)CCC(=O)N3Cc4ccccc4C(=N)C(=NN)c4ccccc43)C(C)C)CC2CCNC(N)=O)cc1)C(C)(C)C)C(=O)O. The van der Waals surface area contributed by atoms with Crippen LogP contribution in [0.4, 0.5) is 21.0 Å². The Labute approximate surface area is 442 Å². The second-order valence-corrected chi connectivity index (χ2v) is 20.9. The summed E-state index contributed by atoms with van der Waals surface area (Å²) in [5.74, 6) is 1.19. The van der Waals surface area contributed by atoms with Crippen LogP contribution in [-0.4, -0.2) is 106 Å². The molecule has 0 bridgehead atoms. The quantitative estimate of drug-likeness (QED) is 0.0403. The number of carboxylic acid groups (broad SMARTS) is 1. The van der Waals surface area contributed by atoms with Crippen molar-refractivity contribution in [1.82, 2.24) is 31.7 Å². The fourth-order valence-electron chi connectivity index (χ4n) is 8.98. The number of nitrogens with one attached hydrogen (secondary N) is 7. The molecule has 2 unspecified atom stereocenters. The van der Waals surface area contributed by atoms with Crippen molar-refractivity contribution in [3.63, 3.8) is 0 Å². The number of para-hydroxylation sites is 1. The molecule has 5 atom stereocenters. The van der Waals surface area contributed by atoms with Gasteiger partial charge in [-0.1, -0.05) is 109 Å². The number of benzene rings is 3. The normalized spacial score (nSPS) is 17.9. The number of hydrazone groups is 1. The molecular weight excluding hydrogens is 977 g/mol. The van der Waals surface area contributed by atoms with Gasteiger partial charge in [-0.2, -0.15) is 5.10 Å². The van der Waals surface area contributed by atoms with E-state index in [0.717, 1.165) is 0 Å². The molecule has 0 radical (unpaired) electrons. The lowest BCUT2D eigenvalue weighted by atomic mass is 9.85. The van der Waals surface area contributed by atoms with Gasteiger partial charge < -0.3 is 52.5 Å². The van der Waals surface area contributed by atoms with Crippen LogP contribution >= 0.6 is 0 Å². The Morgan fingerprint density at radius 1 is 0.934 bits per heavy atom. The number of urea groups is 1. The first-order valence-electron chi connectivity index (χ1n) is 25.1. The monoisotopic (exact) mass is 1050 g/mol. The Bertz CT molecular complexity index is 2750. The highest BCUT2D eigenvalue weighted by molar-refractivity contribution is 6.53. The van der Waals surface area contributed by atoms with Gasteiger partial charge in [0.25, 0.3) is 0 Å². The van der Waals surface area contributed by atoms with E-state index in [9.17, 15) is 43.5 Å². The average Bonchev–Trinajstić information content (AvgIpc) is 4.07. The molecule has 3 aromatic carbocycles. The molecule has 0 spiro atoms. The predicted octanol–water partition coefficient (Wildman–Crippen LogP) is 4.42. The lowest BCUT2D eigenvalue weighted by Crippen LogP contribution is -2.59.